The van der Waals surface area contributed by atoms with Gasteiger partial charge >= 0.3 is 0 Å². The third-order valence-corrected chi connectivity index (χ3v) is 4.30. The molecule has 7 nitrogen and oxygen atoms in total. The van der Waals surface area contributed by atoms with Crippen LogP contribution in [0.4, 0.5) is 5.69 Å². The number of benzene rings is 2. The fourth-order valence-electron chi connectivity index (χ4n) is 2.68. The Morgan fingerprint density at radius 2 is 1.78 bits per heavy atom. The second-order valence-corrected chi connectivity index (χ2v) is 6.38. The second kappa shape index (κ2) is 8.93. The molecule has 2 rings (SSSR count). The van der Waals surface area contributed by atoms with Gasteiger partial charge < -0.3 is 10.6 Å². The number of carbonyl (C=O) groups is 2. The van der Waals surface area contributed by atoms with E-state index in [1.165, 1.54) is 18.2 Å². The number of nitrogens with zero attached hydrogens (tertiary/aromatic N) is 1. The van der Waals surface area contributed by atoms with Crippen LogP contribution in [0.3, 0.4) is 0 Å². The van der Waals surface area contributed by atoms with Crippen LogP contribution in [-0.2, 0) is 4.79 Å². The minimum absolute atomic E-state index is 0.127. The van der Waals surface area contributed by atoms with Gasteiger partial charge in [0.1, 0.15) is 0 Å². The quantitative estimate of drug-likeness (QED) is 0.578. The van der Waals surface area contributed by atoms with Crippen molar-refractivity contribution in [2.45, 2.75) is 33.2 Å². The maximum atomic E-state index is 12.2. The predicted molar refractivity (Wildman–Crippen MR) is 103 cm³/mol. The number of aryl methyl sites for hydroxylation is 2. The first kappa shape index (κ1) is 20.1. The summed E-state index contributed by atoms with van der Waals surface area (Å²) in [6, 6.07) is 12.0. The van der Waals surface area contributed by atoms with Gasteiger partial charge in [0.15, 0.2) is 0 Å². The fraction of sp³-hybridized carbons (Fsp3) is 0.300. The molecule has 7 heteroatoms. The van der Waals surface area contributed by atoms with Crippen molar-refractivity contribution in [1.29, 1.82) is 0 Å². The van der Waals surface area contributed by atoms with Crippen LogP contribution in [0.5, 0.6) is 0 Å². The first-order chi connectivity index (χ1) is 12.8. The molecule has 0 aromatic heterocycles. The van der Waals surface area contributed by atoms with Crippen molar-refractivity contribution >= 4 is 17.5 Å². The van der Waals surface area contributed by atoms with Crippen LogP contribution in [0.1, 0.15) is 46.4 Å². The van der Waals surface area contributed by atoms with Crippen molar-refractivity contribution in [1.82, 2.24) is 10.6 Å². The summed E-state index contributed by atoms with van der Waals surface area (Å²) in [5.74, 6) is -0.853. The Morgan fingerprint density at radius 1 is 1.11 bits per heavy atom. The van der Waals surface area contributed by atoms with E-state index in [1.54, 1.807) is 6.92 Å². The Bertz CT molecular complexity index is 847. The minimum atomic E-state index is -0.535. The van der Waals surface area contributed by atoms with E-state index in [0.717, 1.165) is 11.1 Å². The number of nitro benzene ring substituents is 1. The molecule has 0 saturated carbocycles. The molecule has 142 valence electrons. The normalized spacial score (nSPS) is 11.5. The van der Waals surface area contributed by atoms with E-state index in [-0.39, 0.29) is 29.7 Å². The molecule has 0 fully saturated rings. The van der Waals surface area contributed by atoms with E-state index in [0.29, 0.717) is 12.0 Å². The SMILES string of the molecule is CCC(NC(=O)CNC(=O)c1ccc(C)c([N+](=O)[O-])c1)c1ccc(C)cc1. The molecular formula is C20H23N3O4. The van der Waals surface area contributed by atoms with Crippen LogP contribution >= 0.6 is 0 Å². The van der Waals surface area contributed by atoms with E-state index in [4.69, 9.17) is 0 Å². The van der Waals surface area contributed by atoms with E-state index in [2.05, 4.69) is 10.6 Å². The summed E-state index contributed by atoms with van der Waals surface area (Å²) in [4.78, 5) is 34.8. The Balaban J connectivity index is 1.96. The molecule has 1 atom stereocenters. The maximum absolute atomic E-state index is 12.2. The zero-order chi connectivity index (χ0) is 20.0. The molecule has 0 aliphatic carbocycles. The molecule has 27 heavy (non-hydrogen) atoms. The average molecular weight is 369 g/mol. The largest absolute Gasteiger partial charge is 0.348 e. The zero-order valence-corrected chi connectivity index (χ0v) is 15.6. The maximum Gasteiger partial charge on any atom is 0.273 e. The van der Waals surface area contributed by atoms with Crippen LogP contribution in [0.2, 0.25) is 0 Å². The highest BCUT2D eigenvalue weighted by atomic mass is 16.6. The summed E-state index contributed by atoms with van der Waals surface area (Å²) in [6.45, 7) is 5.36. The summed E-state index contributed by atoms with van der Waals surface area (Å²) < 4.78 is 0. The lowest BCUT2D eigenvalue weighted by Gasteiger charge is -2.18. The zero-order valence-electron chi connectivity index (χ0n) is 15.6. The van der Waals surface area contributed by atoms with E-state index in [9.17, 15) is 19.7 Å². The Labute approximate surface area is 157 Å². The van der Waals surface area contributed by atoms with Gasteiger partial charge in [-0.25, -0.2) is 0 Å². The summed E-state index contributed by atoms with van der Waals surface area (Å²) in [5.41, 5.74) is 2.62. The molecular weight excluding hydrogens is 346 g/mol. The van der Waals surface area contributed by atoms with Gasteiger partial charge in [0, 0.05) is 17.2 Å². The molecule has 1 unspecified atom stereocenters. The van der Waals surface area contributed by atoms with Gasteiger partial charge in [-0.15, -0.1) is 0 Å². The van der Waals surface area contributed by atoms with E-state index >= 15 is 0 Å². The summed E-state index contributed by atoms with van der Waals surface area (Å²) in [6.07, 6.45) is 0.715. The lowest BCUT2D eigenvalue weighted by molar-refractivity contribution is -0.385. The van der Waals surface area contributed by atoms with Crippen molar-refractivity contribution < 1.29 is 14.5 Å². The molecule has 2 aromatic carbocycles. The Morgan fingerprint density at radius 3 is 2.37 bits per heavy atom. The average Bonchev–Trinajstić information content (AvgIpc) is 2.65. The van der Waals surface area contributed by atoms with Crippen molar-refractivity contribution in [3.05, 3.63) is 74.8 Å². The van der Waals surface area contributed by atoms with Crippen molar-refractivity contribution in [2.75, 3.05) is 6.54 Å². The first-order valence-electron chi connectivity index (χ1n) is 8.71. The Hall–Kier alpha value is -3.22. The molecule has 0 aliphatic rings. The highest BCUT2D eigenvalue weighted by Crippen LogP contribution is 2.19. The fourth-order valence-corrected chi connectivity index (χ4v) is 2.68. The Kier molecular flexibility index (Phi) is 6.65. The van der Waals surface area contributed by atoms with Crippen LogP contribution in [0.15, 0.2) is 42.5 Å². The van der Waals surface area contributed by atoms with Gasteiger partial charge in [-0.2, -0.15) is 0 Å². The minimum Gasteiger partial charge on any atom is -0.348 e. The third-order valence-electron chi connectivity index (χ3n) is 4.30. The molecule has 0 aliphatic heterocycles. The van der Waals surface area contributed by atoms with Gasteiger partial charge in [-0.05, 0) is 31.9 Å². The second-order valence-electron chi connectivity index (χ2n) is 6.38. The molecule has 0 radical (unpaired) electrons. The third kappa shape index (κ3) is 5.37. The van der Waals surface area contributed by atoms with Crippen LogP contribution in [-0.4, -0.2) is 23.3 Å². The molecule has 2 N–H and O–H groups in total. The van der Waals surface area contributed by atoms with E-state index < -0.39 is 10.8 Å². The monoisotopic (exact) mass is 369 g/mol. The highest BCUT2D eigenvalue weighted by Gasteiger charge is 2.17. The smallest absolute Gasteiger partial charge is 0.273 e. The molecule has 0 saturated heterocycles. The van der Waals surface area contributed by atoms with E-state index in [1.807, 2.05) is 38.1 Å². The standard InChI is InChI=1S/C20H23N3O4/c1-4-17(15-8-5-13(2)6-9-15)22-19(24)12-21-20(25)16-10-7-14(3)18(11-16)23(26)27/h5-11,17H,4,12H2,1-3H3,(H,21,25)(H,22,24). The van der Waals surface area contributed by atoms with Crippen LogP contribution < -0.4 is 10.6 Å². The van der Waals surface area contributed by atoms with Crippen molar-refractivity contribution in [2.24, 2.45) is 0 Å². The lowest BCUT2D eigenvalue weighted by atomic mass is 10.0. The number of hydrogen-bond donors (Lipinski definition) is 2. The topological polar surface area (TPSA) is 101 Å². The summed E-state index contributed by atoms with van der Waals surface area (Å²) in [5, 5.41) is 16.4. The first-order valence-corrected chi connectivity index (χ1v) is 8.71. The molecule has 0 heterocycles. The lowest BCUT2D eigenvalue weighted by Crippen LogP contribution is -2.38. The molecule has 2 amide bonds. The van der Waals surface area contributed by atoms with Crippen molar-refractivity contribution in [3.63, 3.8) is 0 Å². The number of carbonyl (C=O) groups excluding carboxylic acids is 2. The van der Waals surface area contributed by atoms with Gasteiger partial charge in [-0.3, -0.25) is 19.7 Å². The predicted octanol–water partition coefficient (Wildman–Crippen LogP) is 3.21. The molecule has 0 bridgehead atoms. The number of nitrogens with one attached hydrogen (secondary N) is 2. The van der Waals surface area contributed by atoms with Gasteiger partial charge in [-0.1, -0.05) is 42.8 Å². The number of amides is 2. The van der Waals surface area contributed by atoms with Crippen LogP contribution in [0, 0.1) is 24.0 Å². The van der Waals surface area contributed by atoms with Gasteiger partial charge in [0.05, 0.1) is 17.5 Å². The summed E-state index contributed by atoms with van der Waals surface area (Å²) >= 11 is 0. The van der Waals surface area contributed by atoms with Gasteiger partial charge in [0.2, 0.25) is 5.91 Å². The number of hydrogen-bond acceptors (Lipinski definition) is 4. The highest BCUT2D eigenvalue weighted by molar-refractivity contribution is 5.97. The molecule has 2 aromatic rings. The number of rotatable bonds is 7. The summed E-state index contributed by atoms with van der Waals surface area (Å²) in [7, 11) is 0. The molecule has 0 spiro atoms. The van der Waals surface area contributed by atoms with Crippen molar-refractivity contribution in [3.8, 4) is 0 Å². The van der Waals surface area contributed by atoms with Gasteiger partial charge in [0.25, 0.3) is 11.6 Å². The number of nitro groups is 1. The van der Waals surface area contributed by atoms with Crippen LogP contribution in [0.25, 0.3) is 0 Å².